The zero-order chi connectivity index (χ0) is 10.1. The van der Waals surface area contributed by atoms with Gasteiger partial charge >= 0.3 is 0 Å². The van der Waals surface area contributed by atoms with E-state index in [1.165, 1.54) is 18.5 Å². The number of nitrogens with zero attached hydrogens (tertiary/aromatic N) is 2. The lowest BCUT2D eigenvalue weighted by Gasteiger charge is -2.04. The summed E-state index contributed by atoms with van der Waals surface area (Å²) in [6, 6.07) is 0.466. The highest BCUT2D eigenvalue weighted by Crippen LogP contribution is 2.29. The third kappa shape index (κ3) is 1.82. The molecule has 0 saturated carbocycles. The molecule has 0 amide bonds. The van der Waals surface area contributed by atoms with Crippen molar-refractivity contribution in [2.24, 2.45) is 0 Å². The van der Waals surface area contributed by atoms with Gasteiger partial charge < -0.3 is 5.32 Å². The van der Waals surface area contributed by atoms with Crippen molar-refractivity contribution in [1.29, 1.82) is 0 Å². The van der Waals surface area contributed by atoms with Crippen molar-refractivity contribution in [3.8, 4) is 10.7 Å². The van der Waals surface area contributed by atoms with Crippen LogP contribution >= 0.6 is 22.7 Å². The van der Waals surface area contributed by atoms with Crippen LogP contribution in [0, 0.1) is 0 Å². The summed E-state index contributed by atoms with van der Waals surface area (Å²) in [5.74, 6) is 0. The molecule has 1 fully saturated rings. The van der Waals surface area contributed by atoms with E-state index in [4.69, 9.17) is 0 Å². The number of hydrogen-bond donors (Lipinski definition) is 1. The summed E-state index contributed by atoms with van der Waals surface area (Å²) < 4.78 is 0. The predicted octanol–water partition coefficient (Wildman–Crippen LogP) is 2.69. The number of thiazole rings is 2. The van der Waals surface area contributed by atoms with Gasteiger partial charge in [0, 0.05) is 10.8 Å². The van der Waals surface area contributed by atoms with Crippen molar-refractivity contribution < 1.29 is 0 Å². The minimum atomic E-state index is 0.466. The van der Waals surface area contributed by atoms with Crippen LogP contribution in [0.2, 0.25) is 0 Å². The molecule has 1 N–H and O–H groups in total. The molecule has 0 aliphatic carbocycles. The van der Waals surface area contributed by atoms with Crippen LogP contribution in [0.25, 0.3) is 10.7 Å². The zero-order valence-corrected chi connectivity index (χ0v) is 9.77. The minimum absolute atomic E-state index is 0.466. The molecule has 0 aromatic carbocycles. The highest BCUT2D eigenvalue weighted by molar-refractivity contribution is 7.13. The fourth-order valence-corrected chi connectivity index (χ4v) is 3.27. The van der Waals surface area contributed by atoms with E-state index in [0.717, 1.165) is 17.2 Å². The van der Waals surface area contributed by atoms with E-state index in [0.29, 0.717) is 6.04 Å². The molecule has 2 aromatic rings. The number of nitrogens with one attached hydrogen (secondary N) is 1. The quantitative estimate of drug-likeness (QED) is 0.872. The predicted molar refractivity (Wildman–Crippen MR) is 63.2 cm³/mol. The normalized spacial score (nSPS) is 20.9. The molecule has 1 saturated heterocycles. The topological polar surface area (TPSA) is 37.8 Å². The second-order valence-corrected chi connectivity index (χ2v) is 5.18. The van der Waals surface area contributed by atoms with E-state index >= 15 is 0 Å². The summed E-state index contributed by atoms with van der Waals surface area (Å²) in [5.41, 5.74) is 4.04. The molecule has 2 aromatic heterocycles. The SMILES string of the molecule is c1nc(-c2nc([C@@H]3CCCN3)cs2)cs1. The lowest BCUT2D eigenvalue weighted by atomic mass is 10.2. The smallest absolute Gasteiger partial charge is 0.143 e. The molecular formula is C10H11N3S2. The van der Waals surface area contributed by atoms with E-state index in [9.17, 15) is 0 Å². The first-order valence-electron chi connectivity index (χ1n) is 5.01. The monoisotopic (exact) mass is 237 g/mol. The van der Waals surface area contributed by atoms with Crippen molar-refractivity contribution in [1.82, 2.24) is 15.3 Å². The summed E-state index contributed by atoms with van der Waals surface area (Å²) >= 11 is 3.30. The van der Waals surface area contributed by atoms with Crippen LogP contribution in [0.5, 0.6) is 0 Å². The Kier molecular flexibility index (Phi) is 2.52. The molecular weight excluding hydrogens is 226 g/mol. The van der Waals surface area contributed by atoms with Gasteiger partial charge in [0.25, 0.3) is 0 Å². The maximum Gasteiger partial charge on any atom is 0.143 e. The summed E-state index contributed by atoms with van der Waals surface area (Å²) in [5, 5.41) is 8.70. The second-order valence-electron chi connectivity index (χ2n) is 3.60. The third-order valence-electron chi connectivity index (χ3n) is 2.59. The third-order valence-corrected chi connectivity index (χ3v) is 4.06. The summed E-state index contributed by atoms with van der Waals surface area (Å²) in [4.78, 5) is 8.91. The first kappa shape index (κ1) is 9.45. The van der Waals surface area contributed by atoms with Crippen molar-refractivity contribution in [3.05, 3.63) is 22.0 Å². The van der Waals surface area contributed by atoms with Crippen LogP contribution in [-0.2, 0) is 0 Å². The second kappa shape index (κ2) is 4.00. The molecule has 78 valence electrons. The summed E-state index contributed by atoms with van der Waals surface area (Å²) in [7, 11) is 0. The Labute approximate surface area is 96.2 Å². The average molecular weight is 237 g/mol. The van der Waals surface area contributed by atoms with Crippen LogP contribution in [0.15, 0.2) is 16.3 Å². The van der Waals surface area contributed by atoms with Gasteiger partial charge in [-0.3, -0.25) is 0 Å². The van der Waals surface area contributed by atoms with Crippen LogP contribution in [-0.4, -0.2) is 16.5 Å². The molecule has 3 nitrogen and oxygen atoms in total. The van der Waals surface area contributed by atoms with Gasteiger partial charge in [-0.15, -0.1) is 22.7 Å². The van der Waals surface area contributed by atoms with E-state index in [1.54, 1.807) is 22.7 Å². The van der Waals surface area contributed by atoms with Crippen LogP contribution < -0.4 is 5.32 Å². The van der Waals surface area contributed by atoms with Crippen molar-refractivity contribution in [2.75, 3.05) is 6.54 Å². The van der Waals surface area contributed by atoms with Crippen molar-refractivity contribution in [3.63, 3.8) is 0 Å². The van der Waals surface area contributed by atoms with Gasteiger partial charge in [0.15, 0.2) is 0 Å². The van der Waals surface area contributed by atoms with Gasteiger partial charge in [-0.2, -0.15) is 0 Å². The Morgan fingerprint density at radius 3 is 3.13 bits per heavy atom. The molecule has 1 aliphatic heterocycles. The molecule has 3 rings (SSSR count). The Morgan fingerprint density at radius 1 is 1.40 bits per heavy atom. The van der Waals surface area contributed by atoms with Gasteiger partial charge in [0.1, 0.15) is 10.7 Å². The van der Waals surface area contributed by atoms with Gasteiger partial charge in [0.2, 0.25) is 0 Å². The Hall–Kier alpha value is -0.780. The van der Waals surface area contributed by atoms with Crippen LogP contribution in [0.3, 0.4) is 0 Å². The van der Waals surface area contributed by atoms with E-state index in [1.807, 2.05) is 10.9 Å². The minimum Gasteiger partial charge on any atom is -0.309 e. The first-order chi connectivity index (χ1) is 7.43. The molecule has 15 heavy (non-hydrogen) atoms. The van der Waals surface area contributed by atoms with Gasteiger partial charge in [-0.05, 0) is 19.4 Å². The largest absolute Gasteiger partial charge is 0.309 e. The number of aromatic nitrogens is 2. The average Bonchev–Trinajstić information content (AvgIpc) is 3.02. The Bertz CT molecular complexity index is 429. The summed E-state index contributed by atoms with van der Waals surface area (Å²) in [6.45, 7) is 1.12. The molecule has 0 unspecified atom stereocenters. The summed E-state index contributed by atoms with van der Waals surface area (Å²) in [6.07, 6.45) is 2.47. The molecule has 0 spiro atoms. The lowest BCUT2D eigenvalue weighted by Crippen LogP contribution is -2.12. The standard InChI is InChI=1S/C10H11N3S2/c1-2-7(11-3-1)8-5-15-10(13-8)9-4-14-6-12-9/h4-7,11H,1-3H2/t7-/m0/s1. The molecule has 5 heteroatoms. The van der Waals surface area contributed by atoms with E-state index < -0.39 is 0 Å². The highest BCUT2D eigenvalue weighted by Gasteiger charge is 2.19. The molecule has 0 bridgehead atoms. The van der Waals surface area contributed by atoms with Gasteiger partial charge in [0.05, 0.1) is 17.2 Å². The maximum absolute atomic E-state index is 4.63. The fourth-order valence-electron chi connectivity index (χ4n) is 1.82. The molecule has 3 heterocycles. The van der Waals surface area contributed by atoms with Gasteiger partial charge in [-0.1, -0.05) is 0 Å². The first-order valence-corrected chi connectivity index (χ1v) is 6.83. The van der Waals surface area contributed by atoms with E-state index in [2.05, 4.69) is 20.7 Å². The maximum atomic E-state index is 4.63. The highest BCUT2D eigenvalue weighted by atomic mass is 32.1. The van der Waals surface area contributed by atoms with Crippen LogP contribution in [0.4, 0.5) is 0 Å². The number of rotatable bonds is 2. The fraction of sp³-hybridized carbons (Fsp3) is 0.400. The number of hydrogen-bond acceptors (Lipinski definition) is 5. The van der Waals surface area contributed by atoms with E-state index in [-0.39, 0.29) is 0 Å². The lowest BCUT2D eigenvalue weighted by molar-refractivity contribution is 0.632. The van der Waals surface area contributed by atoms with Crippen molar-refractivity contribution >= 4 is 22.7 Å². The molecule has 0 radical (unpaired) electrons. The van der Waals surface area contributed by atoms with Gasteiger partial charge in [-0.25, -0.2) is 9.97 Å². The van der Waals surface area contributed by atoms with Crippen molar-refractivity contribution in [2.45, 2.75) is 18.9 Å². The Morgan fingerprint density at radius 2 is 2.40 bits per heavy atom. The molecule has 1 atom stereocenters. The molecule has 1 aliphatic rings. The zero-order valence-electron chi connectivity index (χ0n) is 8.14. The Balaban J connectivity index is 1.87. The van der Waals surface area contributed by atoms with Crippen LogP contribution in [0.1, 0.15) is 24.6 Å².